The first-order valence-electron chi connectivity index (χ1n) is 5.69. The van der Waals surface area contributed by atoms with E-state index in [2.05, 4.69) is 4.98 Å². The van der Waals surface area contributed by atoms with Crippen molar-refractivity contribution in [3.63, 3.8) is 0 Å². The van der Waals surface area contributed by atoms with Crippen molar-refractivity contribution in [3.05, 3.63) is 17.5 Å². The molecule has 7 nitrogen and oxygen atoms in total. The molecule has 108 valence electrons. The zero-order valence-corrected chi connectivity index (χ0v) is 14.6. The molecule has 0 bridgehead atoms. The minimum atomic E-state index is -4.24. The van der Waals surface area contributed by atoms with Gasteiger partial charge in [0.15, 0.2) is 5.75 Å². The van der Waals surface area contributed by atoms with Crippen LogP contribution in [0.15, 0.2) is 6.20 Å². The topological polar surface area (TPSA) is 114 Å². The van der Waals surface area contributed by atoms with Gasteiger partial charge in [0.2, 0.25) is 0 Å². The molecule has 1 heterocycles. The van der Waals surface area contributed by atoms with E-state index in [1.54, 1.807) is 18.9 Å². The number of aliphatic hydroxyl groups is 1. The van der Waals surface area contributed by atoms with Crippen molar-refractivity contribution in [1.82, 2.24) is 4.98 Å². The quantitative estimate of drug-likeness (QED) is 0.424. The summed E-state index contributed by atoms with van der Waals surface area (Å²) in [7, 11) is -2.59. The Balaban J connectivity index is 0.00000361. The van der Waals surface area contributed by atoms with Crippen LogP contribution in [0.3, 0.4) is 0 Å². The molecular formula is C11H17N2NaO5S. The van der Waals surface area contributed by atoms with Crippen molar-refractivity contribution in [1.29, 1.82) is 0 Å². The Morgan fingerprint density at radius 3 is 2.55 bits per heavy atom. The molecule has 2 N–H and O–H groups in total. The minimum absolute atomic E-state index is 0. The first-order chi connectivity index (χ1) is 8.76. The number of aryl methyl sites for hydroxylation is 1. The Morgan fingerprint density at radius 1 is 1.45 bits per heavy atom. The van der Waals surface area contributed by atoms with Crippen LogP contribution in [0, 0.1) is 6.92 Å². The average molecular weight is 312 g/mol. The SMILES string of the molecule is Cc1ncc(CO)c(N(C)CCCS(=O)(=O)[O-])c1O.[Na+]. The second-order valence-corrected chi connectivity index (χ2v) is 5.78. The van der Waals surface area contributed by atoms with E-state index in [9.17, 15) is 23.2 Å². The molecule has 0 amide bonds. The van der Waals surface area contributed by atoms with Crippen LogP contribution < -0.4 is 34.5 Å². The van der Waals surface area contributed by atoms with E-state index in [0.717, 1.165) is 0 Å². The van der Waals surface area contributed by atoms with E-state index in [-0.39, 0.29) is 54.9 Å². The van der Waals surface area contributed by atoms with Crippen molar-refractivity contribution in [3.8, 4) is 5.75 Å². The van der Waals surface area contributed by atoms with E-state index in [0.29, 0.717) is 16.9 Å². The van der Waals surface area contributed by atoms with Crippen LogP contribution in [0.5, 0.6) is 5.75 Å². The molecule has 0 saturated heterocycles. The number of hydrogen-bond donors (Lipinski definition) is 2. The summed E-state index contributed by atoms with van der Waals surface area (Å²) in [4.78, 5) is 5.53. The maximum atomic E-state index is 10.5. The Kier molecular flexibility index (Phi) is 8.00. The molecule has 1 aromatic heterocycles. The van der Waals surface area contributed by atoms with Crippen molar-refractivity contribution in [2.45, 2.75) is 20.0 Å². The molecule has 0 unspecified atom stereocenters. The van der Waals surface area contributed by atoms with Gasteiger partial charge in [0.25, 0.3) is 0 Å². The number of aliphatic hydroxyl groups excluding tert-OH is 1. The van der Waals surface area contributed by atoms with Gasteiger partial charge in [-0.25, -0.2) is 8.42 Å². The van der Waals surface area contributed by atoms with Crippen LogP contribution in [0.4, 0.5) is 5.69 Å². The predicted octanol–water partition coefficient (Wildman–Crippen LogP) is -3.04. The summed E-state index contributed by atoms with van der Waals surface area (Å²) in [5.41, 5.74) is 1.25. The third-order valence-corrected chi connectivity index (χ3v) is 3.51. The summed E-state index contributed by atoms with van der Waals surface area (Å²) in [6.07, 6.45) is 1.60. The zero-order chi connectivity index (χ0) is 14.6. The molecular weight excluding hydrogens is 295 g/mol. The monoisotopic (exact) mass is 312 g/mol. The summed E-state index contributed by atoms with van der Waals surface area (Å²) in [6, 6.07) is 0. The zero-order valence-electron chi connectivity index (χ0n) is 11.8. The molecule has 0 aliphatic rings. The molecule has 0 fully saturated rings. The molecule has 0 aliphatic carbocycles. The molecule has 0 aromatic carbocycles. The average Bonchev–Trinajstić information content (AvgIpc) is 2.30. The van der Waals surface area contributed by atoms with Crippen molar-refractivity contribution < 1.29 is 52.7 Å². The Hall–Kier alpha value is -0.380. The van der Waals surface area contributed by atoms with Crippen LogP contribution in [-0.2, 0) is 16.7 Å². The van der Waals surface area contributed by atoms with Crippen LogP contribution >= 0.6 is 0 Å². The molecule has 1 aromatic rings. The molecule has 9 heteroatoms. The minimum Gasteiger partial charge on any atom is -0.748 e. The Labute approximate surface area is 140 Å². The number of anilines is 1. The van der Waals surface area contributed by atoms with E-state index in [4.69, 9.17) is 0 Å². The number of aromatic nitrogens is 1. The number of pyridine rings is 1. The predicted molar refractivity (Wildman–Crippen MR) is 69.0 cm³/mol. The van der Waals surface area contributed by atoms with Gasteiger partial charge in [0, 0.05) is 31.1 Å². The molecule has 0 aliphatic heterocycles. The summed E-state index contributed by atoms with van der Waals surface area (Å²) in [5, 5.41) is 19.2. The molecule has 0 spiro atoms. The van der Waals surface area contributed by atoms with Crippen LogP contribution in [0.25, 0.3) is 0 Å². The Morgan fingerprint density at radius 2 is 2.05 bits per heavy atom. The fourth-order valence-corrected chi connectivity index (χ4v) is 2.24. The van der Waals surface area contributed by atoms with Gasteiger partial charge >= 0.3 is 29.6 Å². The van der Waals surface area contributed by atoms with Crippen LogP contribution in [-0.4, -0.2) is 47.5 Å². The standard InChI is InChI=1S/C11H18N2O5S.Na/c1-8-11(15)10(9(7-14)6-12-8)13(2)4-3-5-19(16,17)18;/h6,14-15H,3-5,7H2,1-2H3,(H,16,17,18);/q;+1/p-1. The Bertz CT molecular complexity index is 550. The van der Waals surface area contributed by atoms with Crippen LogP contribution in [0.2, 0.25) is 0 Å². The van der Waals surface area contributed by atoms with Gasteiger partial charge in [0.05, 0.1) is 28.1 Å². The largest absolute Gasteiger partial charge is 1.00 e. The maximum Gasteiger partial charge on any atom is 1.00 e. The number of nitrogens with zero attached hydrogens (tertiary/aromatic N) is 2. The second kappa shape index (κ2) is 8.16. The van der Waals surface area contributed by atoms with Gasteiger partial charge in [-0.3, -0.25) is 4.98 Å². The van der Waals surface area contributed by atoms with Crippen molar-refractivity contribution >= 4 is 15.8 Å². The van der Waals surface area contributed by atoms with Gasteiger partial charge in [0.1, 0.15) is 0 Å². The summed E-state index contributed by atoms with van der Waals surface area (Å²) >= 11 is 0. The third kappa shape index (κ3) is 5.55. The first kappa shape index (κ1) is 19.6. The van der Waals surface area contributed by atoms with E-state index < -0.39 is 15.9 Å². The summed E-state index contributed by atoms with van der Waals surface area (Å²) in [5.74, 6) is -0.518. The third-order valence-electron chi connectivity index (χ3n) is 2.73. The molecule has 0 radical (unpaired) electrons. The normalized spacial score (nSPS) is 11.0. The van der Waals surface area contributed by atoms with E-state index in [1.165, 1.54) is 6.20 Å². The molecule has 1 rings (SSSR count). The fraction of sp³-hybridized carbons (Fsp3) is 0.545. The van der Waals surface area contributed by atoms with Crippen molar-refractivity contribution in [2.75, 3.05) is 24.2 Å². The van der Waals surface area contributed by atoms with Gasteiger partial charge in [-0.1, -0.05) is 0 Å². The summed E-state index contributed by atoms with van der Waals surface area (Å²) in [6.45, 7) is 1.60. The second-order valence-electron chi connectivity index (χ2n) is 4.26. The van der Waals surface area contributed by atoms with Crippen LogP contribution in [0.1, 0.15) is 17.7 Å². The van der Waals surface area contributed by atoms with E-state index >= 15 is 0 Å². The molecule has 0 atom stereocenters. The molecule has 0 saturated carbocycles. The summed E-state index contributed by atoms with van der Waals surface area (Å²) < 4.78 is 31.6. The van der Waals surface area contributed by atoms with Gasteiger partial charge in [-0.2, -0.15) is 0 Å². The number of hydrogen-bond acceptors (Lipinski definition) is 7. The fourth-order valence-electron chi connectivity index (χ4n) is 1.75. The molecule has 20 heavy (non-hydrogen) atoms. The van der Waals surface area contributed by atoms with Crippen molar-refractivity contribution in [2.24, 2.45) is 0 Å². The van der Waals surface area contributed by atoms with Gasteiger partial charge in [-0.15, -0.1) is 0 Å². The number of aromatic hydroxyl groups is 1. The smallest absolute Gasteiger partial charge is 0.748 e. The van der Waals surface area contributed by atoms with Gasteiger partial charge < -0.3 is 19.7 Å². The van der Waals surface area contributed by atoms with Gasteiger partial charge in [-0.05, 0) is 13.3 Å². The number of rotatable bonds is 6. The first-order valence-corrected chi connectivity index (χ1v) is 7.27. The maximum absolute atomic E-state index is 10.5. The van der Waals surface area contributed by atoms with E-state index in [1.807, 2.05) is 0 Å².